The molecule has 0 aromatic heterocycles. The molecule has 2 atom stereocenters. The van der Waals surface area contributed by atoms with Crippen LogP contribution in [0, 0.1) is 0 Å². The number of phenols is 1. The molecule has 3 amide bonds. The van der Waals surface area contributed by atoms with Gasteiger partial charge in [0.1, 0.15) is 23.4 Å². The van der Waals surface area contributed by atoms with Crippen LogP contribution in [0.25, 0.3) is 0 Å². The van der Waals surface area contributed by atoms with Crippen LogP contribution in [0.1, 0.15) is 65.0 Å². The normalized spacial score (nSPS) is 15.4. The second-order valence-corrected chi connectivity index (χ2v) is 9.36. The summed E-state index contributed by atoms with van der Waals surface area (Å²) in [6.07, 6.45) is 2.58. The van der Waals surface area contributed by atoms with E-state index in [-0.39, 0.29) is 23.5 Å². The average Bonchev–Trinajstić information content (AvgIpc) is 3.54. The highest BCUT2D eigenvalue weighted by Gasteiger charge is 2.43. The lowest BCUT2D eigenvalue weighted by Crippen LogP contribution is -2.54. The Labute approximate surface area is 195 Å². The molecule has 2 unspecified atom stereocenters. The molecule has 9 heteroatoms. The van der Waals surface area contributed by atoms with Crippen molar-refractivity contribution >= 4 is 30.5 Å². The maximum Gasteiger partial charge on any atom is 0.408 e. The van der Waals surface area contributed by atoms with Crippen LogP contribution in [-0.2, 0) is 14.3 Å². The number of thiol groups is 1. The molecular formula is C23H35N3O5S. The lowest BCUT2D eigenvalue weighted by atomic mass is 10.0. The molecule has 0 bridgehead atoms. The van der Waals surface area contributed by atoms with E-state index in [1.54, 1.807) is 37.8 Å². The number of phenolic OH excluding ortho intramolecular Hbond substituents is 1. The van der Waals surface area contributed by atoms with E-state index in [2.05, 4.69) is 23.3 Å². The Morgan fingerprint density at radius 1 is 1.22 bits per heavy atom. The number of carbonyl (C=O) groups excluding carboxylic acids is 3. The highest BCUT2D eigenvalue weighted by atomic mass is 32.1. The van der Waals surface area contributed by atoms with Gasteiger partial charge in [0.2, 0.25) is 11.8 Å². The number of benzene rings is 1. The molecule has 1 aromatic rings. The monoisotopic (exact) mass is 465 g/mol. The minimum absolute atomic E-state index is 0.0566. The zero-order valence-electron chi connectivity index (χ0n) is 19.3. The Kier molecular flexibility index (Phi) is 9.24. The second-order valence-electron chi connectivity index (χ2n) is 9.00. The van der Waals surface area contributed by atoms with Gasteiger partial charge in [0.15, 0.2) is 0 Å². The molecule has 1 fully saturated rings. The molecule has 2 rings (SSSR count). The molecule has 0 heterocycles. The number of unbranched alkanes of at least 4 members (excludes halogenated alkanes) is 1. The van der Waals surface area contributed by atoms with Crippen molar-refractivity contribution in [2.24, 2.45) is 0 Å². The third-order valence-corrected chi connectivity index (χ3v) is 5.30. The van der Waals surface area contributed by atoms with E-state index in [0.29, 0.717) is 12.1 Å². The Hall–Kier alpha value is -2.42. The van der Waals surface area contributed by atoms with Crippen molar-refractivity contribution in [2.45, 2.75) is 77.1 Å². The number of hydrogen-bond acceptors (Lipinski definition) is 6. The van der Waals surface area contributed by atoms with Gasteiger partial charge in [-0.15, -0.1) is 0 Å². The summed E-state index contributed by atoms with van der Waals surface area (Å²) in [6, 6.07) is 4.32. The van der Waals surface area contributed by atoms with Crippen molar-refractivity contribution in [2.75, 3.05) is 12.3 Å². The third kappa shape index (κ3) is 7.62. The second kappa shape index (κ2) is 11.4. The number of hydrogen-bond donors (Lipinski definition) is 4. The summed E-state index contributed by atoms with van der Waals surface area (Å²) >= 11 is 4.26. The van der Waals surface area contributed by atoms with E-state index in [1.807, 2.05) is 6.92 Å². The minimum Gasteiger partial charge on any atom is -0.508 e. The lowest BCUT2D eigenvalue weighted by Gasteiger charge is -2.34. The molecule has 8 nitrogen and oxygen atoms in total. The van der Waals surface area contributed by atoms with Gasteiger partial charge in [-0.25, -0.2) is 4.79 Å². The Morgan fingerprint density at radius 2 is 1.84 bits per heavy atom. The molecule has 0 saturated heterocycles. The molecule has 0 spiro atoms. The van der Waals surface area contributed by atoms with Gasteiger partial charge in [-0.2, -0.15) is 12.6 Å². The molecule has 32 heavy (non-hydrogen) atoms. The zero-order valence-corrected chi connectivity index (χ0v) is 20.2. The number of amides is 3. The van der Waals surface area contributed by atoms with Gasteiger partial charge in [0.05, 0.1) is 0 Å². The molecule has 178 valence electrons. The maximum absolute atomic E-state index is 13.6. The SMILES string of the molecule is CCCCNC(=O)C(c1ccc(O)cc1)N(C(=O)C(CS)NC(=O)OC(C)(C)C)C1CC1. The average molecular weight is 466 g/mol. The largest absolute Gasteiger partial charge is 0.508 e. The van der Waals surface area contributed by atoms with Crippen molar-refractivity contribution in [3.63, 3.8) is 0 Å². The lowest BCUT2D eigenvalue weighted by molar-refractivity contribution is -0.142. The van der Waals surface area contributed by atoms with Crippen LogP contribution in [0.5, 0.6) is 5.75 Å². The fourth-order valence-electron chi connectivity index (χ4n) is 3.27. The molecule has 0 radical (unpaired) electrons. The number of nitrogens with zero attached hydrogens (tertiary/aromatic N) is 1. The van der Waals surface area contributed by atoms with Crippen LogP contribution in [0.15, 0.2) is 24.3 Å². The number of carbonyl (C=O) groups is 3. The van der Waals surface area contributed by atoms with Crippen molar-refractivity contribution < 1.29 is 24.2 Å². The Balaban J connectivity index is 2.31. The van der Waals surface area contributed by atoms with E-state index in [9.17, 15) is 19.5 Å². The predicted molar refractivity (Wildman–Crippen MR) is 126 cm³/mol. The fraction of sp³-hybridized carbons (Fsp3) is 0.609. The summed E-state index contributed by atoms with van der Waals surface area (Å²) in [4.78, 5) is 40.6. The first-order valence-corrected chi connectivity index (χ1v) is 11.7. The number of aromatic hydroxyl groups is 1. The van der Waals surface area contributed by atoms with Crippen molar-refractivity contribution in [1.29, 1.82) is 0 Å². The molecule has 1 aliphatic rings. The van der Waals surface area contributed by atoms with Crippen molar-refractivity contribution in [1.82, 2.24) is 15.5 Å². The number of nitrogens with one attached hydrogen (secondary N) is 2. The van der Waals surface area contributed by atoms with Crippen LogP contribution in [0.4, 0.5) is 4.79 Å². The third-order valence-electron chi connectivity index (χ3n) is 4.93. The standard InChI is InChI=1S/C23H35N3O5S/c1-5-6-13-24-20(28)19(15-7-11-17(27)12-8-15)26(16-9-10-16)21(29)18(14-32)25-22(30)31-23(2,3)4/h7-8,11-12,16,18-19,27,32H,5-6,9-10,13-14H2,1-4H3,(H,24,28)(H,25,30). The first-order valence-electron chi connectivity index (χ1n) is 11.1. The molecule has 1 aromatic carbocycles. The molecule has 0 aliphatic heterocycles. The predicted octanol–water partition coefficient (Wildman–Crippen LogP) is 3.16. The topological polar surface area (TPSA) is 108 Å². The Bertz CT molecular complexity index is 790. The smallest absolute Gasteiger partial charge is 0.408 e. The van der Waals surface area contributed by atoms with E-state index in [4.69, 9.17) is 4.74 Å². The van der Waals surface area contributed by atoms with Crippen molar-refractivity contribution in [3.05, 3.63) is 29.8 Å². The zero-order chi connectivity index (χ0) is 23.9. The summed E-state index contributed by atoms with van der Waals surface area (Å²) in [5.74, 6) is -0.555. The number of rotatable bonds is 10. The summed E-state index contributed by atoms with van der Waals surface area (Å²) in [5, 5.41) is 15.2. The van der Waals surface area contributed by atoms with Crippen LogP contribution in [0.2, 0.25) is 0 Å². The maximum atomic E-state index is 13.6. The first kappa shape index (κ1) is 25.8. The van der Waals surface area contributed by atoms with E-state index < -0.39 is 29.7 Å². The molecular weight excluding hydrogens is 430 g/mol. The van der Waals surface area contributed by atoms with Gasteiger partial charge >= 0.3 is 6.09 Å². The van der Waals surface area contributed by atoms with Gasteiger partial charge in [-0.3, -0.25) is 9.59 Å². The van der Waals surface area contributed by atoms with Crippen LogP contribution < -0.4 is 10.6 Å². The highest BCUT2D eigenvalue weighted by molar-refractivity contribution is 7.80. The summed E-state index contributed by atoms with van der Waals surface area (Å²) in [5.41, 5.74) is -0.120. The summed E-state index contributed by atoms with van der Waals surface area (Å²) in [6.45, 7) is 7.75. The van der Waals surface area contributed by atoms with Gasteiger partial charge < -0.3 is 25.4 Å². The molecule has 1 saturated carbocycles. The summed E-state index contributed by atoms with van der Waals surface area (Å²) < 4.78 is 5.29. The van der Waals surface area contributed by atoms with Crippen LogP contribution in [0.3, 0.4) is 0 Å². The molecule has 1 aliphatic carbocycles. The van der Waals surface area contributed by atoms with Crippen molar-refractivity contribution in [3.8, 4) is 5.75 Å². The van der Waals surface area contributed by atoms with E-state index in [0.717, 1.165) is 25.7 Å². The van der Waals surface area contributed by atoms with Gasteiger partial charge in [0.25, 0.3) is 0 Å². The van der Waals surface area contributed by atoms with E-state index in [1.165, 1.54) is 12.1 Å². The molecule has 3 N–H and O–H groups in total. The fourth-order valence-corrected chi connectivity index (χ4v) is 3.51. The summed E-state index contributed by atoms with van der Waals surface area (Å²) in [7, 11) is 0. The van der Waals surface area contributed by atoms with Gasteiger partial charge in [-0.05, 0) is 57.7 Å². The number of alkyl carbamates (subject to hydrolysis) is 1. The Morgan fingerprint density at radius 3 is 2.34 bits per heavy atom. The highest BCUT2D eigenvalue weighted by Crippen LogP contribution is 2.36. The minimum atomic E-state index is -0.947. The number of ether oxygens (including phenoxy) is 1. The van der Waals surface area contributed by atoms with Gasteiger partial charge in [0, 0.05) is 18.3 Å². The first-order chi connectivity index (χ1) is 15.1. The quantitative estimate of drug-likeness (QED) is 0.314. The van der Waals surface area contributed by atoms with E-state index >= 15 is 0 Å². The van der Waals surface area contributed by atoms with Crippen LogP contribution in [-0.4, -0.2) is 57.9 Å². The van der Waals surface area contributed by atoms with Crippen LogP contribution >= 0.6 is 12.6 Å². The van der Waals surface area contributed by atoms with Gasteiger partial charge in [-0.1, -0.05) is 25.5 Å².